The largest absolute Gasteiger partial charge is 0.494 e. The molecular weight excluding hydrogens is 379 g/mol. The molecule has 0 aromatic heterocycles. The van der Waals surface area contributed by atoms with Gasteiger partial charge in [0.05, 0.1) is 17.2 Å². The molecule has 3 rings (SSSR count). The van der Waals surface area contributed by atoms with Crippen molar-refractivity contribution in [2.75, 3.05) is 24.5 Å². The van der Waals surface area contributed by atoms with E-state index in [4.69, 9.17) is 9.31 Å². The van der Waals surface area contributed by atoms with Crippen molar-refractivity contribution in [1.82, 2.24) is 4.90 Å². The van der Waals surface area contributed by atoms with Crippen LogP contribution in [-0.4, -0.2) is 60.1 Å². The van der Waals surface area contributed by atoms with Crippen LogP contribution in [0.1, 0.15) is 61.0 Å². The lowest BCUT2D eigenvalue weighted by atomic mass is 9.77. The zero-order chi connectivity index (χ0) is 22.5. The molecular formula is C23H37BN2O4. The molecule has 166 valence electrons. The smallest absolute Gasteiger partial charge is 0.465 e. The van der Waals surface area contributed by atoms with Crippen molar-refractivity contribution in [3.63, 3.8) is 0 Å². The van der Waals surface area contributed by atoms with Crippen molar-refractivity contribution in [3.8, 4) is 0 Å². The highest BCUT2D eigenvalue weighted by atomic mass is 16.7. The molecule has 1 atom stereocenters. The summed E-state index contributed by atoms with van der Waals surface area (Å²) in [6, 6.07) is 6.46. The molecule has 0 bridgehead atoms. The first-order valence-corrected chi connectivity index (χ1v) is 11.0. The molecule has 0 radical (unpaired) electrons. The second-order valence-corrected chi connectivity index (χ2v) is 10.7. The fourth-order valence-electron chi connectivity index (χ4n) is 4.19. The van der Waals surface area contributed by atoms with Crippen LogP contribution in [0, 0.1) is 5.41 Å². The van der Waals surface area contributed by atoms with Gasteiger partial charge in [0, 0.05) is 25.3 Å². The number of nitrogens with zero attached hydrogens (tertiary/aromatic N) is 2. The van der Waals surface area contributed by atoms with Crippen molar-refractivity contribution in [2.24, 2.45) is 5.41 Å². The highest BCUT2D eigenvalue weighted by Crippen LogP contribution is 2.37. The van der Waals surface area contributed by atoms with Gasteiger partial charge in [-0.05, 0) is 62.7 Å². The quantitative estimate of drug-likeness (QED) is 0.761. The average molecular weight is 416 g/mol. The highest BCUT2D eigenvalue weighted by molar-refractivity contribution is 6.62. The van der Waals surface area contributed by atoms with Crippen molar-refractivity contribution in [1.29, 1.82) is 0 Å². The first kappa shape index (κ1) is 22.9. The molecule has 2 fully saturated rings. The van der Waals surface area contributed by atoms with Gasteiger partial charge in [-0.1, -0.05) is 33.8 Å². The van der Waals surface area contributed by atoms with E-state index in [0.29, 0.717) is 19.6 Å². The van der Waals surface area contributed by atoms with Crippen molar-refractivity contribution in [2.45, 2.75) is 79.1 Å². The van der Waals surface area contributed by atoms with Crippen LogP contribution in [0.4, 0.5) is 10.5 Å². The Bertz CT molecular complexity index is 787. The first-order valence-electron chi connectivity index (χ1n) is 11.0. The average Bonchev–Trinajstić information content (AvgIpc) is 2.87. The van der Waals surface area contributed by atoms with Gasteiger partial charge in [-0.3, -0.25) is 0 Å². The zero-order valence-electron chi connectivity index (χ0n) is 19.8. The third-order valence-corrected chi connectivity index (χ3v) is 6.92. The summed E-state index contributed by atoms with van der Waals surface area (Å²) < 4.78 is 12.6. The Morgan fingerprint density at radius 3 is 2.23 bits per heavy atom. The van der Waals surface area contributed by atoms with Gasteiger partial charge in [0.15, 0.2) is 0 Å². The van der Waals surface area contributed by atoms with Gasteiger partial charge in [0.1, 0.15) is 0 Å². The second kappa shape index (κ2) is 7.76. The summed E-state index contributed by atoms with van der Waals surface area (Å²) in [5, 5.41) is 9.67. The summed E-state index contributed by atoms with van der Waals surface area (Å²) in [6.45, 7) is 18.6. The predicted octanol–water partition coefficient (Wildman–Crippen LogP) is 3.76. The molecule has 2 heterocycles. The first-order chi connectivity index (χ1) is 13.7. The van der Waals surface area contributed by atoms with E-state index < -0.39 is 13.2 Å². The van der Waals surface area contributed by atoms with E-state index in [-0.39, 0.29) is 22.7 Å². The van der Waals surface area contributed by atoms with Crippen LogP contribution in [0.2, 0.25) is 0 Å². The number of rotatable bonds is 3. The number of amides is 1. The van der Waals surface area contributed by atoms with Gasteiger partial charge in [-0.2, -0.15) is 0 Å². The van der Waals surface area contributed by atoms with Gasteiger partial charge < -0.3 is 24.2 Å². The SMILES string of the molecule is CCc1cc(B2OC(C)(C)C(C)(C)O2)cc(N2CCN(C(=O)O)C(C(C)(C)C)C2)c1. The lowest BCUT2D eigenvalue weighted by Crippen LogP contribution is -2.59. The predicted molar refractivity (Wildman–Crippen MR) is 122 cm³/mol. The number of anilines is 1. The van der Waals surface area contributed by atoms with E-state index in [1.54, 1.807) is 4.90 Å². The third-order valence-electron chi connectivity index (χ3n) is 6.92. The van der Waals surface area contributed by atoms with Crippen LogP contribution in [0.3, 0.4) is 0 Å². The normalized spacial score (nSPS) is 23.7. The van der Waals surface area contributed by atoms with Crippen molar-refractivity contribution >= 4 is 24.4 Å². The number of benzene rings is 1. The molecule has 6 nitrogen and oxygen atoms in total. The maximum Gasteiger partial charge on any atom is 0.494 e. The molecule has 7 heteroatoms. The number of hydrogen-bond acceptors (Lipinski definition) is 4. The number of piperazine rings is 1. The summed E-state index contributed by atoms with van der Waals surface area (Å²) in [5.41, 5.74) is 2.45. The number of carboxylic acid groups (broad SMARTS) is 1. The summed E-state index contributed by atoms with van der Waals surface area (Å²) >= 11 is 0. The third kappa shape index (κ3) is 4.33. The van der Waals surface area contributed by atoms with Crippen LogP contribution < -0.4 is 10.4 Å². The van der Waals surface area contributed by atoms with E-state index in [1.807, 2.05) is 0 Å². The van der Waals surface area contributed by atoms with Gasteiger partial charge >= 0.3 is 13.2 Å². The highest BCUT2D eigenvalue weighted by Gasteiger charge is 2.52. The Morgan fingerprint density at radius 1 is 1.13 bits per heavy atom. The molecule has 2 aliphatic rings. The van der Waals surface area contributed by atoms with Gasteiger partial charge in [-0.15, -0.1) is 0 Å². The molecule has 1 unspecified atom stereocenters. The van der Waals surface area contributed by atoms with Gasteiger partial charge in [0.25, 0.3) is 0 Å². The Kier molecular flexibility index (Phi) is 5.93. The molecule has 0 saturated carbocycles. The minimum atomic E-state index is -0.838. The standard InChI is InChI=1S/C23H37BN2O4/c1-9-16-12-17(24-29-22(5,6)23(7,8)30-24)14-18(13-16)25-10-11-26(20(27)28)19(15-25)21(2,3)4/h12-14,19H,9-11,15H2,1-8H3,(H,27,28). The van der Waals surface area contributed by atoms with Crippen LogP contribution in [0.15, 0.2) is 18.2 Å². The molecule has 1 aromatic rings. The van der Waals surface area contributed by atoms with Crippen LogP contribution in [0.5, 0.6) is 0 Å². The minimum Gasteiger partial charge on any atom is -0.465 e. The molecule has 1 aromatic carbocycles. The maximum absolute atomic E-state index is 11.8. The maximum atomic E-state index is 11.8. The number of aryl methyl sites for hydroxylation is 1. The van der Waals surface area contributed by atoms with E-state index >= 15 is 0 Å². The van der Waals surface area contributed by atoms with Gasteiger partial charge in [0.2, 0.25) is 0 Å². The van der Waals surface area contributed by atoms with E-state index in [0.717, 1.165) is 17.6 Å². The van der Waals surface area contributed by atoms with E-state index in [2.05, 4.69) is 78.5 Å². The number of carbonyl (C=O) groups is 1. The summed E-state index contributed by atoms with van der Waals surface area (Å²) in [7, 11) is -0.404. The number of hydrogen-bond donors (Lipinski definition) is 1. The van der Waals surface area contributed by atoms with Crippen molar-refractivity contribution < 1.29 is 19.2 Å². The van der Waals surface area contributed by atoms with Crippen LogP contribution >= 0.6 is 0 Å². The zero-order valence-corrected chi connectivity index (χ0v) is 19.8. The molecule has 2 saturated heterocycles. The molecule has 1 N–H and O–H groups in total. The van der Waals surface area contributed by atoms with Crippen LogP contribution in [0.25, 0.3) is 0 Å². The molecule has 0 aliphatic carbocycles. The van der Waals surface area contributed by atoms with E-state index in [9.17, 15) is 9.90 Å². The van der Waals surface area contributed by atoms with E-state index in [1.165, 1.54) is 5.56 Å². The lowest BCUT2D eigenvalue weighted by molar-refractivity contribution is 0.00578. The lowest BCUT2D eigenvalue weighted by Gasteiger charge is -2.46. The molecule has 30 heavy (non-hydrogen) atoms. The fourth-order valence-corrected chi connectivity index (χ4v) is 4.19. The Hall–Kier alpha value is -1.73. The molecule has 1 amide bonds. The second-order valence-electron chi connectivity index (χ2n) is 10.7. The Morgan fingerprint density at radius 2 is 1.73 bits per heavy atom. The minimum absolute atomic E-state index is 0.0747. The topological polar surface area (TPSA) is 62.2 Å². The summed E-state index contributed by atoms with van der Waals surface area (Å²) in [6.07, 6.45) is 0.0767. The van der Waals surface area contributed by atoms with Crippen LogP contribution in [-0.2, 0) is 15.7 Å². The Balaban J connectivity index is 1.92. The van der Waals surface area contributed by atoms with Gasteiger partial charge in [-0.25, -0.2) is 4.79 Å². The van der Waals surface area contributed by atoms with Crippen molar-refractivity contribution in [3.05, 3.63) is 23.8 Å². The fraction of sp³-hybridized carbons (Fsp3) is 0.696. The molecule has 0 spiro atoms. The Labute approximate surface area is 181 Å². The summed E-state index contributed by atoms with van der Waals surface area (Å²) in [5.74, 6) is 0. The molecule has 2 aliphatic heterocycles. The monoisotopic (exact) mass is 416 g/mol. The summed E-state index contributed by atoms with van der Waals surface area (Å²) in [4.78, 5) is 15.7.